The summed E-state index contributed by atoms with van der Waals surface area (Å²) < 4.78 is 46.0. The van der Waals surface area contributed by atoms with Crippen LogP contribution in [0, 0.1) is 0 Å². The van der Waals surface area contributed by atoms with E-state index in [9.17, 15) is 22.8 Å². The molecule has 0 N–H and O–H groups in total. The molecule has 180 valence electrons. The lowest BCUT2D eigenvalue weighted by molar-refractivity contribution is -0.274. The van der Waals surface area contributed by atoms with E-state index in [0.29, 0.717) is 37.3 Å². The molecule has 0 saturated carbocycles. The van der Waals surface area contributed by atoms with Crippen molar-refractivity contribution in [2.45, 2.75) is 25.9 Å². The van der Waals surface area contributed by atoms with Crippen molar-refractivity contribution in [1.82, 2.24) is 14.7 Å². The number of rotatable bonds is 5. The first-order chi connectivity index (χ1) is 16.2. The molecule has 0 atom stereocenters. The molecule has 0 aliphatic carbocycles. The summed E-state index contributed by atoms with van der Waals surface area (Å²) in [5, 5.41) is 0. The Morgan fingerprint density at radius 1 is 1.03 bits per heavy atom. The second kappa shape index (κ2) is 9.66. The molecule has 10 heteroatoms. The number of amides is 2. The molecule has 0 unspecified atom stereocenters. The number of hydrogen-bond donors (Lipinski definition) is 0. The van der Waals surface area contributed by atoms with Crippen LogP contribution < -0.4 is 4.74 Å². The normalized spacial score (nSPS) is 16.5. The second-order valence-electron chi connectivity index (χ2n) is 8.17. The highest BCUT2D eigenvalue weighted by Gasteiger charge is 2.35. The topological polar surface area (TPSA) is 62.3 Å². The predicted molar refractivity (Wildman–Crippen MR) is 116 cm³/mol. The highest BCUT2D eigenvalue weighted by Crippen LogP contribution is 2.28. The van der Waals surface area contributed by atoms with E-state index >= 15 is 0 Å². The van der Waals surface area contributed by atoms with Crippen LogP contribution in [0.15, 0.2) is 65.9 Å². The average molecular weight is 475 g/mol. The highest BCUT2D eigenvalue weighted by atomic mass is 19.4. The first-order valence-electron chi connectivity index (χ1n) is 10.7. The van der Waals surface area contributed by atoms with Crippen molar-refractivity contribution < 1.29 is 32.2 Å². The van der Waals surface area contributed by atoms with Crippen LogP contribution in [0.2, 0.25) is 0 Å². The number of ether oxygens (including phenoxy) is 2. The fraction of sp³-hybridized carbons (Fsp3) is 0.333. The standard InChI is InChI=1S/C24H24F3N3O4/c1-28-16-30(13-17-5-3-2-4-6-17)22(31)20-14-29(12-11-21(20)28)23(32)33-15-18-7-9-19(10-8-18)34-24(25,26)27/h2-10H,11-16H2,1H3. The summed E-state index contributed by atoms with van der Waals surface area (Å²) in [5.74, 6) is -0.451. The zero-order valence-corrected chi connectivity index (χ0v) is 18.5. The number of alkyl halides is 3. The van der Waals surface area contributed by atoms with Crippen LogP contribution in [0.5, 0.6) is 5.75 Å². The molecular weight excluding hydrogens is 451 g/mol. The molecule has 2 aliphatic heterocycles. The number of carbonyl (C=O) groups excluding carboxylic acids is 2. The fourth-order valence-corrected chi connectivity index (χ4v) is 4.07. The van der Waals surface area contributed by atoms with Crippen LogP contribution in [0.1, 0.15) is 17.5 Å². The van der Waals surface area contributed by atoms with Crippen LogP contribution in [0.3, 0.4) is 0 Å². The van der Waals surface area contributed by atoms with Gasteiger partial charge in [-0.2, -0.15) is 0 Å². The summed E-state index contributed by atoms with van der Waals surface area (Å²) in [7, 11) is 1.93. The van der Waals surface area contributed by atoms with Crippen LogP contribution in [-0.4, -0.2) is 59.9 Å². The van der Waals surface area contributed by atoms with Gasteiger partial charge in [-0.25, -0.2) is 4.79 Å². The minimum Gasteiger partial charge on any atom is -0.445 e. The molecule has 2 aromatic carbocycles. The molecule has 0 saturated heterocycles. The molecule has 0 aromatic heterocycles. The Kier molecular flexibility index (Phi) is 6.67. The van der Waals surface area contributed by atoms with Gasteiger partial charge in [0.25, 0.3) is 5.91 Å². The van der Waals surface area contributed by atoms with E-state index in [4.69, 9.17) is 4.74 Å². The zero-order chi connectivity index (χ0) is 24.3. The van der Waals surface area contributed by atoms with E-state index in [1.165, 1.54) is 17.0 Å². The molecule has 4 rings (SSSR count). The summed E-state index contributed by atoms with van der Waals surface area (Å²) in [6.45, 7) is 1.39. The summed E-state index contributed by atoms with van der Waals surface area (Å²) in [4.78, 5) is 31.0. The van der Waals surface area contributed by atoms with Crippen molar-refractivity contribution in [2.24, 2.45) is 0 Å². The molecule has 0 bridgehead atoms. The Bertz CT molecular complexity index is 1070. The Morgan fingerprint density at radius 3 is 2.41 bits per heavy atom. The van der Waals surface area contributed by atoms with Crippen molar-refractivity contribution in [1.29, 1.82) is 0 Å². The third-order valence-corrected chi connectivity index (χ3v) is 5.70. The fourth-order valence-electron chi connectivity index (χ4n) is 4.07. The molecular formula is C24H24F3N3O4. The van der Waals surface area contributed by atoms with E-state index in [-0.39, 0.29) is 24.8 Å². The van der Waals surface area contributed by atoms with Crippen molar-refractivity contribution in [3.63, 3.8) is 0 Å². The number of hydrogen-bond acceptors (Lipinski definition) is 5. The van der Waals surface area contributed by atoms with Gasteiger partial charge in [-0.3, -0.25) is 4.79 Å². The van der Waals surface area contributed by atoms with E-state index in [1.807, 2.05) is 42.3 Å². The quantitative estimate of drug-likeness (QED) is 0.651. The maximum atomic E-state index is 13.2. The maximum absolute atomic E-state index is 13.2. The van der Waals surface area contributed by atoms with E-state index in [1.54, 1.807) is 4.90 Å². The molecule has 2 amide bonds. The zero-order valence-electron chi connectivity index (χ0n) is 18.5. The van der Waals surface area contributed by atoms with Crippen molar-refractivity contribution in [3.8, 4) is 5.75 Å². The first-order valence-corrected chi connectivity index (χ1v) is 10.7. The Morgan fingerprint density at radius 2 is 1.74 bits per heavy atom. The average Bonchev–Trinajstić information content (AvgIpc) is 2.81. The van der Waals surface area contributed by atoms with Gasteiger partial charge < -0.3 is 24.2 Å². The lowest BCUT2D eigenvalue weighted by Crippen LogP contribution is -2.51. The summed E-state index contributed by atoms with van der Waals surface area (Å²) in [5.41, 5.74) is 3.04. The van der Waals surface area contributed by atoms with Crippen LogP contribution >= 0.6 is 0 Å². The molecule has 0 spiro atoms. The van der Waals surface area contributed by atoms with Gasteiger partial charge in [0.15, 0.2) is 0 Å². The lowest BCUT2D eigenvalue weighted by Gasteiger charge is -2.42. The molecule has 2 heterocycles. The summed E-state index contributed by atoms with van der Waals surface area (Å²) >= 11 is 0. The minimum absolute atomic E-state index is 0.102. The maximum Gasteiger partial charge on any atom is 0.573 e. The van der Waals surface area contributed by atoms with Gasteiger partial charge in [-0.05, 0) is 23.3 Å². The smallest absolute Gasteiger partial charge is 0.445 e. The number of nitrogens with zero attached hydrogens (tertiary/aromatic N) is 3. The monoisotopic (exact) mass is 475 g/mol. The Hall–Kier alpha value is -3.69. The van der Waals surface area contributed by atoms with Gasteiger partial charge in [0.2, 0.25) is 0 Å². The van der Waals surface area contributed by atoms with Crippen molar-refractivity contribution >= 4 is 12.0 Å². The largest absolute Gasteiger partial charge is 0.573 e. The number of halogens is 3. The minimum atomic E-state index is -4.77. The molecule has 34 heavy (non-hydrogen) atoms. The predicted octanol–water partition coefficient (Wildman–Crippen LogP) is 4.11. The molecule has 0 radical (unpaired) electrons. The van der Waals surface area contributed by atoms with Gasteiger partial charge in [0.05, 0.1) is 18.8 Å². The van der Waals surface area contributed by atoms with Crippen molar-refractivity contribution in [3.05, 3.63) is 77.0 Å². The molecule has 7 nitrogen and oxygen atoms in total. The first kappa shape index (κ1) is 23.5. The van der Waals surface area contributed by atoms with Gasteiger partial charge in [0, 0.05) is 32.3 Å². The van der Waals surface area contributed by atoms with E-state index in [2.05, 4.69) is 4.74 Å². The third kappa shape index (κ3) is 5.62. The van der Waals surface area contributed by atoms with Crippen LogP contribution in [0.25, 0.3) is 0 Å². The second-order valence-corrected chi connectivity index (χ2v) is 8.17. The van der Waals surface area contributed by atoms with Crippen molar-refractivity contribution in [2.75, 3.05) is 26.8 Å². The van der Waals surface area contributed by atoms with Gasteiger partial charge >= 0.3 is 12.5 Å². The number of benzene rings is 2. The van der Waals surface area contributed by atoms with E-state index < -0.39 is 12.5 Å². The van der Waals surface area contributed by atoms with Gasteiger partial charge in [-0.1, -0.05) is 42.5 Å². The SMILES string of the molecule is CN1CN(Cc2ccccc2)C(=O)C2=C1CCN(C(=O)OCc1ccc(OC(F)(F)F)cc1)C2. The number of carbonyl (C=O) groups is 2. The van der Waals surface area contributed by atoms with Gasteiger partial charge in [-0.15, -0.1) is 13.2 Å². The molecule has 0 fully saturated rings. The van der Waals surface area contributed by atoms with Crippen LogP contribution in [0.4, 0.5) is 18.0 Å². The summed E-state index contributed by atoms with van der Waals surface area (Å²) in [6, 6.07) is 14.8. The molecule has 2 aromatic rings. The summed E-state index contributed by atoms with van der Waals surface area (Å²) in [6.07, 6.45) is -4.82. The van der Waals surface area contributed by atoms with Crippen LogP contribution in [-0.2, 0) is 22.7 Å². The Labute approximate surface area is 194 Å². The molecule has 2 aliphatic rings. The lowest BCUT2D eigenvalue weighted by atomic mass is 10.0. The third-order valence-electron chi connectivity index (χ3n) is 5.70. The van der Waals surface area contributed by atoms with Gasteiger partial charge in [0.1, 0.15) is 12.4 Å². The Balaban J connectivity index is 1.35. The van der Waals surface area contributed by atoms with E-state index in [0.717, 1.165) is 23.4 Å². The highest BCUT2D eigenvalue weighted by molar-refractivity contribution is 5.96.